The fourth-order valence-electron chi connectivity index (χ4n) is 2.08. The van der Waals surface area contributed by atoms with Gasteiger partial charge in [0, 0.05) is 31.4 Å². The largest absolute Gasteiger partial charge is 0.493 e. The molecule has 0 aliphatic rings. The molecule has 5 heteroatoms. The number of hydrogen-bond acceptors (Lipinski definition) is 4. The van der Waals surface area contributed by atoms with E-state index in [0.29, 0.717) is 18.9 Å². The second-order valence-electron chi connectivity index (χ2n) is 5.41. The maximum atomic E-state index is 13.5. The smallest absolute Gasteiger partial charge is 0.128 e. The molecule has 2 rings (SSSR count). The number of anilines is 1. The summed E-state index contributed by atoms with van der Waals surface area (Å²) in [5.74, 6) is 1.24. The Hall–Kier alpha value is -2.14. The van der Waals surface area contributed by atoms with Crippen LogP contribution in [0.15, 0.2) is 42.6 Å². The zero-order valence-corrected chi connectivity index (χ0v) is 13.0. The summed E-state index contributed by atoms with van der Waals surface area (Å²) < 4.78 is 19.3. The van der Waals surface area contributed by atoms with Gasteiger partial charge >= 0.3 is 0 Å². The number of nitrogens with zero attached hydrogens (tertiary/aromatic N) is 2. The van der Waals surface area contributed by atoms with E-state index in [0.717, 1.165) is 17.8 Å². The van der Waals surface area contributed by atoms with Crippen molar-refractivity contribution in [1.29, 1.82) is 0 Å². The molecule has 0 fully saturated rings. The molecule has 4 nitrogen and oxygen atoms in total. The molecule has 1 atom stereocenters. The number of rotatable bonds is 7. The van der Waals surface area contributed by atoms with Gasteiger partial charge in [-0.15, -0.1) is 0 Å². The predicted octanol–water partition coefficient (Wildman–Crippen LogP) is 2.97. The number of hydrogen-bond donors (Lipinski definition) is 1. The van der Waals surface area contributed by atoms with Crippen LogP contribution in [0.2, 0.25) is 0 Å². The molecule has 1 aromatic carbocycles. The molecule has 0 saturated heterocycles. The molecule has 0 radical (unpaired) electrons. The molecule has 0 bridgehead atoms. The van der Waals surface area contributed by atoms with Crippen LogP contribution >= 0.6 is 0 Å². The highest BCUT2D eigenvalue weighted by Crippen LogP contribution is 2.23. The molecule has 2 aromatic rings. The SMILES string of the molecule is CC(N)CCOc1ccc(F)cc1CN(C)c1ccccn1. The Morgan fingerprint density at radius 3 is 2.82 bits per heavy atom. The minimum absolute atomic E-state index is 0.0834. The van der Waals surface area contributed by atoms with Gasteiger partial charge in [-0.25, -0.2) is 9.37 Å². The molecular weight excluding hydrogens is 281 g/mol. The Bertz CT molecular complexity index is 590. The standard InChI is InChI=1S/C17H22FN3O/c1-13(19)8-10-22-16-7-6-15(18)11-14(16)12-21(2)17-5-3-4-9-20-17/h3-7,9,11,13H,8,10,12,19H2,1-2H3. The first kappa shape index (κ1) is 16.2. The lowest BCUT2D eigenvalue weighted by atomic mass is 10.1. The van der Waals surface area contributed by atoms with Crippen molar-refractivity contribution in [2.45, 2.75) is 25.9 Å². The minimum Gasteiger partial charge on any atom is -0.493 e. The van der Waals surface area contributed by atoms with Gasteiger partial charge in [-0.3, -0.25) is 0 Å². The summed E-state index contributed by atoms with van der Waals surface area (Å²) in [5, 5.41) is 0. The minimum atomic E-state index is -0.274. The van der Waals surface area contributed by atoms with Gasteiger partial charge in [-0.1, -0.05) is 6.07 Å². The predicted molar refractivity (Wildman–Crippen MR) is 86.5 cm³/mol. The van der Waals surface area contributed by atoms with Crippen molar-refractivity contribution in [3.8, 4) is 5.75 Å². The summed E-state index contributed by atoms with van der Waals surface area (Å²) in [6.07, 6.45) is 2.49. The Morgan fingerprint density at radius 2 is 2.14 bits per heavy atom. The normalized spacial score (nSPS) is 12.0. The van der Waals surface area contributed by atoms with Gasteiger partial charge in [0.15, 0.2) is 0 Å². The molecule has 22 heavy (non-hydrogen) atoms. The fraction of sp³-hybridized carbons (Fsp3) is 0.353. The first-order chi connectivity index (χ1) is 10.6. The van der Waals surface area contributed by atoms with Crippen LogP contribution in [0.1, 0.15) is 18.9 Å². The highest BCUT2D eigenvalue weighted by atomic mass is 19.1. The summed E-state index contributed by atoms with van der Waals surface area (Å²) in [6.45, 7) is 2.97. The lowest BCUT2D eigenvalue weighted by Crippen LogP contribution is -2.20. The van der Waals surface area contributed by atoms with E-state index in [1.54, 1.807) is 12.3 Å². The average molecular weight is 303 g/mol. The number of aromatic nitrogens is 1. The van der Waals surface area contributed by atoms with Gasteiger partial charge in [-0.2, -0.15) is 0 Å². The molecule has 1 aromatic heterocycles. The van der Waals surface area contributed by atoms with Crippen LogP contribution in [0.4, 0.5) is 10.2 Å². The second-order valence-corrected chi connectivity index (χ2v) is 5.41. The third-order valence-corrected chi connectivity index (χ3v) is 3.30. The van der Waals surface area contributed by atoms with E-state index in [4.69, 9.17) is 10.5 Å². The number of ether oxygens (including phenoxy) is 1. The van der Waals surface area contributed by atoms with Crippen LogP contribution < -0.4 is 15.4 Å². The van der Waals surface area contributed by atoms with Crippen molar-refractivity contribution < 1.29 is 9.13 Å². The van der Waals surface area contributed by atoms with Crippen molar-refractivity contribution in [3.05, 3.63) is 54.0 Å². The van der Waals surface area contributed by atoms with Crippen LogP contribution in [-0.4, -0.2) is 24.7 Å². The highest BCUT2D eigenvalue weighted by molar-refractivity contribution is 5.41. The van der Waals surface area contributed by atoms with Crippen molar-refractivity contribution in [3.63, 3.8) is 0 Å². The topological polar surface area (TPSA) is 51.4 Å². The molecule has 2 N–H and O–H groups in total. The van der Waals surface area contributed by atoms with Crippen molar-refractivity contribution in [1.82, 2.24) is 4.98 Å². The van der Waals surface area contributed by atoms with Crippen molar-refractivity contribution >= 4 is 5.82 Å². The van der Waals surface area contributed by atoms with Gasteiger partial charge < -0.3 is 15.4 Å². The van der Waals surface area contributed by atoms with Crippen LogP contribution in [0.3, 0.4) is 0 Å². The maximum absolute atomic E-state index is 13.5. The van der Waals surface area contributed by atoms with Gasteiger partial charge in [-0.05, 0) is 43.7 Å². The third-order valence-electron chi connectivity index (χ3n) is 3.30. The molecule has 118 valence electrons. The van der Waals surface area contributed by atoms with Gasteiger partial charge in [0.1, 0.15) is 17.4 Å². The summed E-state index contributed by atoms with van der Waals surface area (Å²) in [7, 11) is 1.92. The summed E-state index contributed by atoms with van der Waals surface area (Å²) in [4.78, 5) is 6.24. The van der Waals surface area contributed by atoms with E-state index < -0.39 is 0 Å². The van der Waals surface area contributed by atoms with Crippen molar-refractivity contribution in [2.75, 3.05) is 18.6 Å². The van der Waals surface area contributed by atoms with E-state index in [1.165, 1.54) is 12.1 Å². The van der Waals surface area contributed by atoms with E-state index in [9.17, 15) is 4.39 Å². The van der Waals surface area contributed by atoms with E-state index >= 15 is 0 Å². The van der Waals surface area contributed by atoms with Gasteiger partial charge in [0.25, 0.3) is 0 Å². The summed E-state index contributed by atoms with van der Waals surface area (Å²) in [6, 6.07) is 10.4. The molecule has 0 aliphatic heterocycles. The van der Waals surface area contributed by atoms with Crippen LogP contribution in [0, 0.1) is 5.82 Å². The molecule has 0 spiro atoms. The number of nitrogens with two attached hydrogens (primary N) is 1. The lowest BCUT2D eigenvalue weighted by molar-refractivity contribution is 0.297. The van der Waals surface area contributed by atoms with Gasteiger partial charge in [0.2, 0.25) is 0 Å². The van der Waals surface area contributed by atoms with E-state index in [-0.39, 0.29) is 11.9 Å². The van der Waals surface area contributed by atoms with Crippen LogP contribution in [0.5, 0.6) is 5.75 Å². The maximum Gasteiger partial charge on any atom is 0.128 e. The molecular formula is C17H22FN3O. The second kappa shape index (κ2) is 7.75. The van der Waals surface area contributed by atoms with E-state index in [1.807, 2.05) is 37.1 Å². The third kappa shape index (κ3) is 4.70. The zero-order chi connectivity index (χ0) is 15.9. The molecule has 1 unspecified atom stereocenters. The number of pyridine rings is 1. The van der Waals surface area contributed by atoms with Crippen molar-refractivity contribution in [2.24, 2.45) is 5.73 Å². The monoisotopic (exact) mass is 303 g/mol. The lowest BCUT2D eigenvalue weighted by Gasteiger charge is -2.20. The Kier molecular flexibility index (Phi) is 5.72. The summed E-state index contributed by atoms with van der Waals surface area (Å²) >= 11 is 0. The first-order valence-electron chi connectivity index (χ1n) is 7.35. The Balaban J connectivity index is 2.09. The Morgan fingerprint density at radius 1 is 1.32 bits per heavy atom. The number of halogens is 1. The average Bonchev–Trinajstić information content (AvgIpc) is 2.50. The highest BCUT2D eigenvalue weighted by Gasteiger charge is 2.10. The molecule has 0 amide bonds. The fourth-order valence-corrected chi connectivity index (χ4v) is 2.08. The summed E-state index contributed by atoms with van der Waals surface area (Å²) in [5.41, 5.74) is 6.51. The van der Waals surface area contributed by atoms with Gasteiger partial charge in [0.05, 0.1) is 6.61 Å². The molecule has 1 heterocycles. The van der Waals surface area contributed by atoms with E-state index in [2.05, 4.69) is 4.98 Å². The Labute approximate surface area is 130 Å². The zero-order valence-electron chi connectivity index (χ0n) is 13.0. The molecule has 0 saturated carbocycles. The van der Waals surface area contributed by atoms with Crippen LogP contribution in [0.25, 0.3) is 0 Å². The molecule has 0 aliphatic carbocycles. The quantitative estimate of drug-likeness (QED) is 0.854. The number of benzene rings is 1. The first-order valence-corrected chi connectivity index (χ1v) is 7.35. The van der Waals surface area contributed by atoms with Crippen LogP contribution in [-0.2, 0) is 6.54 Å².